The van der Waals surface area contributed by atoms with Gasteiger partial charge in [-0.15, -0.1) is 12.4 Å². The van der Waals surface area contributed by atoms with Crippen molar-refractivity contribution in [3.8, 4) is 17.2 Å². The lowest BCUT2D eigenvalue weighted by molar-refractivity contribution is 0.0911. The first-order chi connectivity index (χ1) is 10.6. The monoisotopic (exact) mass is 344 g/mol. The van der Waals surface area contributed by atoms with Crippen molar-refractivity contribution in [2.24, 2.45) is 5.92 Å². The van der Waals surface area contributed by atoms with E-state index in [1.807, 2.05) is 0 Å². The van der Waals surface area contributed by atoms with Gasteiger partial charge in [0.25, 0.3) is 5.91 Å². The first-order valence-electron chi connectivity index (χ1n) is 7.42. The molecule has 2 rings (SSSR count). The summed E-state index contributed by atoms with van der Waals surface area (Å²) in [6.45, 7) is 3.92. The molecule has 1 fully saturated rings. The maximum Gasteiger partial charge on any atom is 0.255 e. The Labute approximate surface area is 143 Å². The number of halogens is 1. The van der Waals surface area contributed by atoms with Crippen LogP contribution in [0.5, 0.6) is 17.2 Å². The molecule has 130 valence electrons. The van der Waals surface area contributed by atoms with E-state index in [-0.39, 0.29) is 24.4 Å². The summed E-state index contributed by atoms with van der Waals surface area (Å²) in [5, 5.41) is 6.37. The fraction of sp³-hybridized carbons (Fsp3) is 0.562. The van der Waals surface area contributed by atoms with E-state index >= 15 is 0 Å². The van der Waals surface area contributed by atoms with Gasteiger partial charge in [-0.2, -0.15) is 0 Å². The lowest BCUT2D eigenvalue weighted by Gasteiger charge is -2.30. The van der Waals surface area contributed by atoms with Crippen LogP contribution in [0, 0.1) is 5.92 Å². The molecule has 6 nitrogen and oxygen atoms in total. The van der Waals surface area contributed by atoms with E-state index in [9.17, 15) is 4.79 Å². The average molecular weight is 345 g/mol. The van der Waals surface area contributed by atoms with E-state index < -0.39 is 0 Å². The van der Waals surface area contributed by atoms with E-state index in [4.69, 9.17) is 14.2 Å². The van der Waals surface area contributed by atoms with Crippen LogP contribution < -0.4 is 24.8 Å². The largest absolute Gasteiger partial charge is 0.496 e. The second-order valence-electron chi connectivity index (χ2n) is 5.46. The zero-order valence-electron chi connectivity index (χ0n) is 14.0. The van der Waals surface area contributed by atoms with Crippen molar-refractivity contribution >= 4 is 18.3 Å². The van der Waals surface area contributed by atoms with E-state index in [1.165, 1.54) is 7.11 Å². The first kappa shape index (κ1) is 19.4. The number of ether oxygens (including phenoxy) is 3. The molecule has 2 unspecified atom stereocenters. The topological polar surface area (TPSA) is 68.8 Å². The minimum Gasteiger partial charge on any atom is -0.496 e. The molecule has 0 aromatic heterocycles. The van der Waals surface area contributed by atoms with Gasteiger partial charge in [0, 0.05) is 24.7 Å². The molecule has 0 spiro atoms. The summed E-state index contributed by atoms with van der Waals surface area (Å²) >= 11 is 0. The number of benzene rings is 1. The number of methoxy groups -OCH3 is 3. The Hall–Kier alpha value is -1.66. The van der Waals surface area contributed by atoms with Crippen LogP contribution in [0.4, 0.5) is 0 Å². The Morgan fingerprint density at radius 2 is 1.74 bits per heavy atom. The molecule has 23 heavy (non-hydrogen) atoms. The van der Waals surface area contributed by atoms with Crippen LogP contribution in [-0.4, -0.2) is 46.4 Å². The zero-order valence-corrected chi connectivity index (χ0v) is 14.8. The number of hydrogen-bond acceptors (Lipinski definition) is 5. The molecule has 0 aliphatic carbocycles. The second-order valence-corrected chi connectivity index (χ2v) is 5.46. The molecular weight excluding hydrogens is 320 g/mol. The number of carbonyl (C=O) groups excluding carboxylic acids is 1. The van der Waals surface area contributed by atoms with Crippen LogP contribution in [0.25, 0.3) is 0 Å². The Kier molecular flexibility index (Phi) is 7.45. The van der Waals surface area contributed by atoms with Crippen LogP contribution in [-0.2, 0) is 0 Å². The SMILES string of the molecule is COc1cc(OC)c(C(=O)NC2CNCCC2C)cc1OC.Cl. The third-order valence-electron chi connectivity index (χ3n) is 4.09. The predicted octanol–water partition coefficient (Wildman–Crippen LogP) is 1.86. The van der Waals surface area contributed by atoms with Gasteiger partial charge in [0.05, 0.1) is 26.9 Å². The molecule has 1 aromatic carbocycles. The van der Waals surface area contributed by atoms with Gasteiger partial charge in [0.15, 0.2) is 11.5 Å². The van der Waals surface area contributed by atoms with Gasteiger partial charge in [0.1, 0.15) is 5.75 Å². The molecular formula is C16H25ClN2O4. The normalized spacial score (nSPS) is 20.2. The number of rotatable bonds is 5. The minimum atomic E-state index is -0.168. The van der Waals surface area contributed by atoms with Gasteiger partial charge in [-0.25, -0.2) is 0 Å². The van der Waals surface area contributed by atoms with Crippen LogP contribution >= 0.6 is 12.4 Å². The van der Waals surface area contributed by atoms with E-state index in [2.05, 4.69) is 17.6 Å². The van der Waals surface area contributed by atoms with Gasteiger partial charge in [-0.05, 0) is 18.9 Å². The fourth-order valence-corrected chi connectivity index (χ4v) is 2.64. The third-order valence-corrected chi connectivity index (χ3v) is 4.09. The number of amides is 1. The molecule has 1 aromatic rings. The smallest absolute Gasteiger partial charge is 0.255 e. The summed E-state index contributed by atoms with van der Waals surface area (Å²) in [6.07, 6.45) is 1.05. The summed E-state index contributed by atoms with van der Waals surface area (Å²) < 4.78 is 15.8. The molecule has 2 atom stereocenters. The van der Waals surface area contributed by atoms with Crippen molar-refractivity contribution in [3.63, 3.8) is 0 Å². The molecule has 1 amide bonds. The summed E-state index contributed by atoms with van der Waals surface area (Å²) in [7, 11) is 4.62. The molecule has 1 aliphatic heterocycles. The van der Waals surface area contributed by atoms with E-state index in [0.29, 0.717) is 28.7 Å². The Morgan fingerprint density at radius 1 is 1.13 bits per heavy atom. The Morgan fingerprint density at radius 3 is 2.30 bits per heavy atom. The molecule has 0 saturated carbocycles. The quantitative estimate of drug-likeness (QED) is 0.853. The highest BCUT2D eigenvalue weighted by molar-refractivity contribution is 5.98. The molecule has 0 bridgehead atoms. The number of piperidine rings is 1. The maximum absolute atomic E-state index is 12.6. The summed E-state index contributed by atoms with van der Waals surface area (Å²) in [6, 6.07) is 3.42. The van der Waals surface area contributed by atoms with Crippen LogP contribution in [0.3, 0.4) is 0 Å². The number of nitrogens with one attached hydrogen (secondary N) is 2. The average Bonchev–Trinajstić information content (AvgIpc) is 2.55. The number of hydrogen-bond donors (Lipinski definition) is 2. The van der Waals surface area contributed by atoms with Crippen molar-refractivity contribution in [1.29, 1.82) is 0 Å². The second kappa shape index (κ2) is 8.84. The van der Waals surface area contributed by atoms with Crippen molar-refractivity contribution in [1.82, 2.24) is 10.6 Å². The molecule has 1 aliphatic rings. The lowest BCUT2D eigenvalue weighted by atomic mass is 9.94. The lowest BCUT2D eigenvalue weighted by Crippen LogP contribution is -2.50. The highest BCUT2D eigenvalue weighted by atomic mass is 35.5. The highest BCUT2D eigenvalue weighted by Crippen LogP contribution is 2.34. The fourth-order valence-electron chi connectivity index (χ4n) is 2.64. The summed E-state index contributed by atoms with van der Waals surface area (Å²) in [5.74, 6) is 1.77. The van der Waals surface area contributed by atoms with E-state index in [0.717, 1.165) is 19.5 Å². The van der Waals surface area contributed by atoms with Crippen molar-refractivity contribution in [3.05, 3.63) is 17.7 Å². The zero-order chi connectivity index (χ0) is 16.1. The first-order valence-corrected chi connectivity index (χ1v) is 7.42. The van der Waals surface area contributed by atoms with Gasteiger partial charge < -0.3 is 24.8 Å². The van der Waals surface area contributed by atoms with Crippen molar-refractivity contribution in [2.45, 2.75) is 19.4 Å². The standard InChI is InChI=1S/C16H24N2O4.ClH/c1-10-5-6-17-9-12(10)18-16(19)11-7-14(21-3)15(22-4)8-13(11)20-2;/h7-8,10,12,17H,5-6,9H2,1-4H3,(H,18,19);1H. The minimum absolute atomic E-state index is 0. The van der Waals surface area contributed by atoms with Gasteiger partial charge >= 0.3 is 0 Å². The van der Waals surface area contributed by atoms with Crippen molar-refractivity contribution in [2.75, 3.05) is 34.4 Å². The molecule has 7 heteroatoms. The third kappa shape index (κ3) is 4.42. The van der Waals surface area contributed by atoms with Gasteiger partial charge in [0.2, 0.25) is 0 Å². The molecule has 1 saturated heterocycles. The van der Waals surface area contributed by atoms with Crippen LogP contribution in [0.1, 0.15) is 23.7 Å². The number of carbonyl (C=O) groups is 1. The molecule has 1 heterocycles. The molecule has 0 radical (unpaired) electrons. The van der Waals surface area contributed by atoms with Crippen LogP contribution in [0.2, 0.25) is 0 Å². The maximum atomic E-state index is 12.6. The summed E-state index contributed by atoms with van der Waals surface area (Å²) in [5.41, 5.74) is 0.443. The Bertz CT molecular complexity index is 539. The predicted molar refractivity (Wildman–Crippen MR) is 91.3 cm³/mol. The Balaban J connectivity index is 0.00000264. The van der Waals surface area contributed by atoms with Crippen molar-refractivity contribution < 1.29 is 19.0 Å². The van der Waals surface area contributed by atoms with Crippen LogP contribution in [0.15, 0.2) is 12.1 Å². The van der Waals surface area contributed by atoms with Gasteiger partial charge in [-0.1, -0.05) is 6.92 Å². The van der Waals surface area contributed by atoms with E-state index in [1.54, 1.807) is 26.4 Å². The highest BCUT2D eigenvalue weighted by Gasteiger charge is 2.25. The van der Waals surface area contributed by atoms with Gasteiger partial charge in [-0.3, -0.25) is 4.79 Å². The summed E-state index contributed by atoms with van der Waals surface area (Å²) in [4.78, 5) is 12.6. The molecule has 2 N–H and O–H groups in total.